The number of hydrogen-bond donors (Lipinski definition) is 0. The summed E-state index contributed by atoms with van der Waals surface area (Å²) in [5.74, 6) is 1.74. The Morgan fingerprint density at radius 1 is 1.16 bits per heavy atom. The lowest BCUT2D eigenvalue weighted by molar-refractivity contribution is 0.0213. The van der Waals surface area contributed by atoms with Crippen molar-refractivity contribution in [1.82, 2.24) is 9.80 Å². The summed E-state index contributed by atoms with van der Waals surface area (Å²) in [6, 6.07) is 5.53. The Bertz CT molecular complexity index is 609. The number of fused-ring (bicyclic) bond motifs is 3. The van der Waals surface area contributed by atoms with E-state index in [9.17, 15) is 0 Å². The van der Waals surface area contributed by atoms with Gasteiger partial charge in [-0.1, -0.05) is 20.8 Å². The van der Waals surface area contributed by atoms with Crippen LogP contribution in [0.25, 0.3) is 0 Å². The number of hydrogen-bond acceptors (Lipinski definition) is 4. The third kappa shape index (κ3) is 3.95. The van der Waals surface area contributed by atoms with Gasteiger partial charge in [0, 0.05) is 31.7 Å². The molecular formula is C21H34N2O2. The van der Waals surface area contributed by atoms with Gasteiger partial charge < -0.3 is 14.4 Å². The van der Waals surface area contributed by atoms with Gasteiger partial charge in [-0.2, -0.15) is 0 Å². The van der Waals surface area contributed by atoms with Gasteiger partial charge in [-0.05, 0) is 55.5 Å². The summed E-state index contributed by atoms with van der Waals surface area (Å²) in [7, 11) is 4.02. The fraction of sp³-hybridized carbons (Fsp3) is 0.714. The molecule has 2 aliphatic rings. The highest BCUT2D eigenvalue weighted by Crippen LogP contribution is 2.41. The second-order valence-corrected chi connectivity index (χ2v) is 8.75. The van der Waals surface area contributed by atoms with Crippen molar-refractivity contribution in [2.24, 2.45) is 5.41 Å². The van der Waals surface area contributed by atoms with E-state index in [1.165, 1.54) is 17.5 Å². The number of likely N-dealkylation sites (N-methyl/N-ethyl adjacent to an activating group) is 1. The quantitative estimate of drug-likeness (QED) is 0.829. The summed E-state index contributed by atoms with van der Waals surface area (Å²) in [5.41, 5.74) is 3.22. The van der Waals surface area contributed by atoms with E-state index in [2.05, 4.69) is 49.8 Å². The summed E-state index contributed by atoms with van der Waals surface area (Å²) in [6.45, 7) is 13.1. The van der Waals surface area contributed by atoms with Crippen LogP contribution in [0.5, 0.6) is 11.5 Å². The summed E-state index contributed by atoms with van der Waals surface area (Å²) >= 11 is 0. The van der Waals surface area contributed by atoms with Gasteiger partial charge in [0.15, 0.2) is 11.5 Å². The molecule has 1 aromatic rings. The molecule has 2 atom stereocenters. The summed E-state index contributed by atoms with van der Waals surface area (Å²) in [4.78, 5) is 5.24. The van der Waals surface area contributed by atoms with E-state index in [1.807, 2.05) is 6.92 Å². The molecule has 0 spiro atoms. The summed E-state index contributed by atoms with van der Waals surface area (Å²) in [6.07, 6.45) is 2.34. The van der Waals surface area contributed by atoms with E-state index in [0.29, 0.717) is 24.1 Å². The molecule has 4 nitrogen and oxygen atoms in total. The second kappa shape index (κ2) is 7.16. The Morgan fingerprint density at radius 2 is 1.92 bits per heavy atom. The van der Waals surface area contributed by atoms with Crippen LogP contribution in [0.4, 0.5) is 0 Å². The Kier molecular flexibility index (Phi) is 5.31. The Morgan fingerprint density at radius 3 is 2.56 bits per heavy atom. The van der Waals surface area contributed by atoms with Gasteiger partial charge in [0.1, 0.15) is 0 Å². The van der Waals surface area contributed by atoms with E-state index in [-0.39, 0.29) is 0 Å². The number of piperazine rings is 1. The molecule has 0 saturated carbocycles. The maximum absolute atomic E-state index is 5.77. The van der Waals surface area contributed by atoms with Gasteiger partial charge in [0.2, 0.25) is 0 Å². The fourth-order valence-corrected chi connectivity index (χ4v) is 4.38. The van der Waals surface area contributed by atoms with Crippen LogP contribution in [0.2, 0.25) is 0 Å². The normalized spacial score (nSPS) is 24.6. The maximum atomic E-state index is 5.77. The molecule has 0 N–H and O–H groups in total. The van der Waals surface area contributed by atoms with Gasteiger partial charge in [-0.25, -0.2) is 0 Å². The first-order valence-corrected chi connectivity index (χ1v) is 9.60. The number of rotatable bonds is 4. The van der Waals surface area contributed by atoms with Crippen molar-refractivity contribution < 1.29 is 9.47 Å². The third-order valence-corrected chi connectivity index (χ3v) is 5.57. The maximum Gasteiger partial charge on any atom is 0.161 e. The lowest BCUT2D eigenvalue weighted by atomic mass is 9.84. The highest BCUT2D eigenvalue weighted by Gasteiger charge is 2.37. The topological polar surface area (TPSA) is 24.9 Å². The molecule has 0 bridgehead atoms. The average molecular weight is 347 g/mol. The van der Waals surface area contributed by atoms with Crippen LogP contribution in [0.15, 0.2) is 12.1 Å². The molecule has 0 amide bonds. The van der Waals surface area contributed by atoms with Crippen molar-refractivity contribution in [2.45, 2.75) is 52.6 Å². The van der Waals surface area contributed by atoms with Gasteiger partial charge in [0.05, 0.1) is 13.7 Å². The van der Waals surface area contributed by atoms with Crippen LogP contribution in [0, 0.1) is 5.41 Å². The zero-order chi connectivity index (χ0) is 18.2. The van der Waals surface area contributed by atoms with E-state index >= 15 is 0 Å². The molecule has 2 aliphatic heterocycles. The Hall–Kier alpha value is -1.26. The highest BCUT2D eigenvalue weighted by molar-refractivity contribution is 5.49. The van der Waals surface area contributed by atoms with E-state index in [0.717, 1.165) is 37.6 Å². The van der Waals surface area contributed by atoms with Crippen LogP contribution in [0.1, 0.15) is 51.3 Å². The van der Waals surface area contributed by atoms with Gasteiger partial charge in [0.25, 0.3) is 0 Å². The minimum Gasteiger partial charge on any atom is -0.493 e. The monoisotopic (exact) mass is 346 g/mol. The molecule has 0 aliphatic carbocycles. The van der Waals surface area contributed by atoms with Crippen LogP contribution in [0.3, 0.4) is 0 Å². The van der Waals surface area contributed by atoms with Crippen LogP contribution in [-0.4, -0.2) is 56.2 Å². The molecule has 1 aromatic carbocycles. The standard InChI is InChI=1S/C21H34N2O2/c1-7-25-20-10-15-8-9-23-13-16(12-21(2,3)4)22(5)14-18(23)17(15)11-19(20)24-6/h10-11,16,18H,7-9,12-14H2,1-6H3/t16-,18-/m1/s1. The molecule has 3 rings (SSSR count). The molecule has 1 saturated heterocycles. The number of nitrogens with zero attached hydrogens (tertiary/aromatic N) is 2. The lowest BCUT2D eigenvalue weighted by Gasteiger charge is -2.49. The summed E-state index contributed by atoms with van der Waals surface area (Å²) < 4.78 is 11.4. The predicted molar refractivity (Wildman–Crippen MR) is 103 cm³/mol. The first-order valence-electron chi connectivity index (χ1n) is 9.60. The zero-order valence-corrected chi connectivity index (χ0v) is 16.8. The van der Waals surface area contributed by atoms with Crippen molar-refractivity contribution in [3.63, 3.8) is 0 Å². The number of ether oxygens (including phenoxy) is 2. The van der Waals surface area contributed by atoms with E-state index in [4.69, 9.17) is 9.47 Å². The van der Waals surface area contributed by atoms with E-state index < -0.39 is 0 Å². The van der Waals surface area contributed by atoms with Gasteiger partial charge in [-0.3, -0.25) is 4.90 Å². The van der Waals surface area contributed by atoms with Crippen molar-refractivity contribution in [3.05, 3.63) is 23.3 Å². The highest BCUT2D eigenvalue weighted by atomic mass is 16.5. The Labute approximate surface area is 153 Å². The van der Waals surface area contributed by atoms with Gasteiger partial charge in [-0.15, -0.1) is 0 Å². The van der Waals surface area contributed by atoms with Gasteiger partial charge >= 0.3 is 0 Å². The van der Waals surface area contributed by atoms with Crippen molar-refractivity contribution in [2.75, 3.05) is 40.4 Å². The van der Waals surface area contributed by atoms with Crippen LogP contribution in [-0.2, 0) is 6.42 Å². The Balaban J connectivity index is 1.85. The molecular weight excluding hydrogens is 312 g/mol. The molecule has 0 radical (unpaired) electrons. The third-order valence-electron chi connectivity index (χ3n) is 5.57. The van der Waals surface area contributed by atoms with Crippen LogP contribution >= 0.6 is 0 Å². The molecule has 0 unspecified atom stereocenters. The minimum atomic E-state index is 0.370. The molecule has 25 heavy (non-hydrogen) atoms. The van der Waals surface area contributed by atoms with Crippen LogP contribution < -0.4 is 9.47 Å². The molecule has 0 aromatic heterocycles. The molecule has 140 valence electrons. The number of benzene rings is 1. The summed E-state index contributed by atoms with van der Waals surface area (Å²) in [5, 5.41) is 0. The van der Waals surface area contributed by atoms with Crippen molar-refractivity contribution in [3.8, 4) is 11.5 Å². The van der Waals surface area contributed by atoms with Crippen molar-refractivity contribution >= 4 is 0 Å². The molecule has 1 fully saturated rings. The zero-order valence-electron chi connectivity index (χ0n) is 16.8. The minimum absolute atomic E-state index is 0.370. The van der Waals surface area contributed by atoms with E-state index in [1.54, 1.807) is 7.11 Å². The van der Waals surface area contributed by atoms with Crippen molar-refractivity contribution in [1.29, 1.82) is 0 Å². The largest absolute Gasteiger partial charge is 0.493 e. The first kappa shape index (κ1) is 18.5. The number of methoxy groups -OCH3 is 1. The predicted octanol–water partition coefficient (Wildman–Crippen LogP) is 3.74. The lowest BCUT2D eigenvalue weighted by Crippen LogP contribution is -2.55. The first-order chi connectivity index (χ1) is 11.8. The molecule has 4 heteroatoms. The average Bonchev–Trinajstić information content (AvgIpc) is 2.54. The fourth-order valence-electron chi connectivity index (χ4n) is 4.38. The molecule has 2 heterocycles. The second-order valence-electron chi connectivity index (χ2n) is 8.75. The smallest absolute Gasteiger partial charge is 0.161 e. The SMILES string of the molecule is CCOc1cc2c(cc1OC)[C@H]1CN(C)[C@H](CC(C)(C)C)CN1CC2.